The molecule has 2 atom stereocenters. The van der Waals surface area contributed by atoms with Crippen LogP contribution in [-0.2, 0) is 33.4 Å². The number of carboxylic acid groups (broad SMARTS) is 1. The molecule has 0 saturated carbocycles. The molecule has 0 spiro atoms. The minimum Gasteiger partial charge on any atom is -0.744 e. The Labute approximate surface area is 250 Å². The van der Waals surface area contributed by atoms with E-state index in [1.165, 1.54) is 12.1 Å². The monoisotopic (exact) mass is 587 g/mol. The Hall–Kier alpha value is -0.330. The second-order valence-electron chi connectivity index (χ2n) is 11.6. The van der Waals surface area contributed by atoms with Gasteiger partial charge in [0.2, 0.25) is 0 Å². The summed E-state index contributed by atoms with van der Waals surface area (Å²) in [7, 11) is -8.46. The van der Waals surface area contributed by atoms with Crippen LogP contribution in [0.15, 0.2) is 29.2 Å². The van der Waals surface area contributed by atoms with Gasteiger partial charge in [-0.05, 0) is 78.0 Å². The zero-order valence-corrected chi connectivity index (χ0v) is 28.3. The first-order valence-electron chi connectivity index (χ1n) is 12.2. The summed E-state index contributed by atoms with van der Waals surface area (Å²) in [6, 6.07) is 5.17. The third kappa shape index (κ3) is 10.3. The number of carbonyl (C=O) groups is 1. The van der Waals surface area contributed by atoms with Crippen LogP contribution in [0.5, 0.6) is 0 Å². The van der Waals surface area contributed by atoms with Crippen LogP contribution in [0, 0.1) is 10.8 Å². The van der Waals surface area contributed by atoms with Gasteiger partial charge in [0.05, 0.1) is 23.5 Å². The summed E-state index contributed by atoms with van der Waals surface area (Å²) in [6.45, 7) is 18.1. The van der Waals surface area contributed by atoms with Crippen LogP contribution in [0.2, 0.25) is 0 Å². The van der Waals surface area contributed by atoms with Crippen molar-refractivity contribution >= 4 is 23.7 Å². The molecule has 1 aromatic carbocycles. The van der Waals surface area contributed by atoms with Gasteiger partial charge in [0.1, 0.15) is 22.0 Å². The third-order valence-corrected chi connectivity index (χ3v) is 9.30. The van der Waals surface area contributed by atoms with Crippen LogP contribution < -0.4 is 29.6 Å². The van der Waals surface area contributed by atoms with Gasteiger partial charge >= 0.3 is 43.1 Å². The number of nitrogens with zero attached hydrogens (tertiary/aromatic N) is 1. The van der Waals surface area contributed by atoms with Crippen LogP contribution in [-0.4, -0.2) is 53.6 Å². The predicted octanol–water partition coefficient (Wildman–Crippen LogP) is 2.81. The Morgan fingerprint density at radius 3 is 1.76 bits per heavy atom. The van der Waals surface area contributed by atoms with Gasteiger partial charge in [-0.1, -0.05) is 32.9 Å². The summed E-state index contributed by atoms with van der Waals surface area (Å²) >= 11 is 0. The number of carboxylic acids is 1. The standard InChI is InChI=1S/C25H44NO9PS.Na/c1-11-33-36(29,34-12-2)21(23(3,4)5)26(24(6,7)8)35-20(17-25(9,10)22(27)28)18-13-15-19(16-14-18)37(30,31)32;/h13-16,20-21H,11-12,17H2,1-10H3,(H,27,28)(H,30,31,32);/q;+1/p-1. The van der Waals surface area contributed by atoms with E-state index >= 15 is 0 Å². The Morgan fingerprint density at radius 1 is 1.00 bits per heavy atom. The van der Waals surface area contributed by atoms with E-state index in [4.69, 9.17) is 13.9 Å². The Morgan fingerprint density at radius 2 is 1.45 bits per heavy atom. The maximum absolute atomic E-state index is 14.2. The summed E-state index contributed by atoms with van der Waals surface area (Å²) in [4.78, 5) is 18.1. The smallest absolute Gasteiger partial charge is 0.744 e. The molecule has 2 unspecified atom stereocenters. The topological polar surface area (TPSA) is 142 Å². The SMILES string of the molecule is CCOP(=O)(OCC)C(N(OC(CC(C)(C)C(=O)O)c1ccc(S(=O)(=O)[O-])cc1)C(C)(C)C)C(C)(C)C.[Na+]. The van der Waals surface area contributed by atoms with Crippen molar-refractivity contribution < 1.29 is 70.9 Å². The van der Waals surface area contributed by atoms with Crippen molar-refractivity contribution in [2.24, 2.45) is 10.8 Å². The largest absolute Gasteiger partial charge is 1.00 e. The van der Waals surface area contributed by atoms with Crippen molar-refractivity contribution in [1.82, 2.24) is 5.06 Å². The Kier molecular flexibility index (Phi) is 13.9. The quantitative estimate of drug-likeness (QED) is 0.158. The van der Waals surface area contributed by atoms with Crippen LogP contribution >= 0.6 is 7.60 Å². The fourth-order valence-electron chi connectivity index (χ4n) is 3.83. The van der Waals surface area contributed by atoms with Gasteiger partial charge in [-0.15, -0.1) is 0 Å². The first-order valence-corrected chi connectivity index (χ1v) is 15.3. The molecule has 0 heterocycles. The van der Waals surface area contributed by atoms with Crippen molar-refractivity contribution in [1.29, 1.82) is 0 Å². The molecule has 1 rings (SSSR count). The summed E-state index contributed by atoms with van der Waals surface area (Å²) in [5.74, 6) is -1.94. The van der Waals surface area contributed by atoms with Crippen LogP contribution in [0.3, 0.4) is 0 Å². The molecule has 0 aliphatic heterocycles. The molecule has 0 amide bonds. The molecular weight excluding hydrogens is 544 g/mol. The maximum Gasteiger partial charge on any atom is 1.00 e. The van der Waals surface area contributed by atoms with Crippen molar-refractivity contribution in [2.45, 2.75) is 98.0 Å². The zero-order valence-electron chi connectivity index (χ0n) is 24.6. The molecule has 38 heavy (non-hydrogen) atoms. The van der Waals surface area contributed by atoms with Gasteiger partial charge in [0.15, 0.2) is 0 Å². The average molecular weight is 588 g/mol. The van der Waals surface area contributed by atoms with Crippen LogP contribution in [0.1, 0.15) is 87.3 Å². The van der Waals surface area contributed by atoms with E-state index in [-0.39, 0.29) is 49.2 Å². The average Bonchev–Trinajstić information content (AvgIpc) is 2.70. The van der Waals surface area contributed by atoms with Gasteiger partial charge in [-0.2, -0.15) is 5.06 Å². The van der Waals surface area contributed by atoms with E-state index in [9.17, 15) is 27.4 Å². The predicted molar refractivity (Wildman–Crippen MR) is 140 cm³/mol. The zero-order chi connectivity index (χ0) is 29.0. The molecule has 0 saturated heterocycles. The molecule has 1 aromatic rings. The van der Waals surface area contributed by atoms with Gasteiger partial charge in [-0.25, -0.2) is 8.42 Å². The molecular formula is C25H43NNaO9PS. The van der Waals surface area contributed by atoms with Crippen molar-refractivity contribution in [2.75, 3.05) is 13.2 Å². The van der Waals surface area contributed by atoms with Gasteiger partial charge in [0.25, 0.3) is 0 Å². The number of aliphatic carboxylic acids is 1. The first-order chi connectivity index (χ1) is 16.6. The minimum atomic E-state index is -4.67. The Balaban J connectivity index is 0.0000137. The fraction of sp³-hybridized carbons (Fsp3) is 0.720. The number of rotatable bonds is 13. The van der Waals surface area contributed by atoms with Crippen molar-refractivity contribution in [3.63, 3.8) is 0 Å². The van der Waals surface area contributed by atoms with E-state index in [0.29, 0.717) is 5.56 Å². The van der Waals surface area contributed by atoms with E-state index in [1.807, 2.05) is 41.5 Å². The van der Waals surface area contributed by atoms with E-state index in [0.717, 1.165) is 12.1 Å². The first kappa shape index (κ1) is 37.7. The van der Waals surface area contributed by atoms with Gasteiger partial charge in [0, 0.05) is 5.54 Å². The number of hydrogen-bond acceptors (Lipinski definition) is 9. The molecule has 13 heteroatoms. The molecule has 0 aliphatic carbocycles. The Bertz CT molecular complexity index is 1050. The maximum atomic E-state index is 14.2. The molecule has 214 valence electrons. The molecule has 1 N–H and O–H groups in total. The van der Waals surface area contributed by atoms with E-state index in [2.05, 4.69) is 0 Å². The second kappa shape index (κ2) is 14.0. The summed E-state index contributed by atoms with van der Waals surface area (Å²) in [5, 5.41) is 11.4. The fourth-order valence-corrected chi connectivity index (χ4v) is 6.98. The molecule has 0 aliphatic rings. The molecule has 0 bridgehead atoms. The molecule has 10 nitrogen and oxygen atoms in total. The molecule has 0 fully saturated rings. The van der Waals surface area contributed by atoms with Crippen LogP contribution in [0.25, 0.3) is 0 Å². The van der Waals surface area contributed by atoms with Crippen molar-refractivity contribution in [3.8, 4) is 0 Å². The summed E-state index contributed by atoms with van der Waals surface area (Å²) in [5.41, 5.74) is -2.23. The second-order valence-corrected chi connectivity index (χ2v) is 15.1. The van der Waals surface area contributed by atoms with E-state index < -0.39 is 56.8 Å². The number of benzene rings is 1. The van der Waals surface area contributed by atoms with Crippen molar-refractivity contribution in [3.05, 3.63) is 29.8 Å². The van der Waals surface area contributed by atoms with Crippen LogP contribution in [0.4, 0.5) is 0 Å². The summed E-state index contributed by atoms with van der Waals surface area (Å²) < 4.78 is 59.9. The number of hydroxylamine groups is 2. The van der Waals surface area contributed by atoms with Gasteiger partial charge in [-0.3, -0.25) is 14.2 Å². The third-order valence-electron chi connectivity index (χ3n) is 5.63. The minimum absolute atomic E-state index is 0. The number of hydrogen-bond donors (Lipinski definition) is 1. The normalized spacial score (nSPS) is 15.2. The molecule has 0 aromatic heterocycles. The van der Waals surface area contributed by atoms with Gasteiger partial charge < -0.3 is 18.7 Å². The van der Waals surface area contributed by atoms with E-state index in [1.54, 1.807) is 32.8 Å². The molecule has 0 radical (unpaired) electrons. The summed E-state index contributed by atoms with van der Waals surface area (Å²) in [6.07, 6.45) is -0.918.